The number of benzene rings is 1. The highest BCUT2D eigenvalue weighted by molar-refractivity contribution is 6.05. The van der Waals surface area contributed by atoms with E-state index in [4.69, 9.17) is 0 Å². The number of anilines is 2. The standard InChI is InChI=1S/C21H20N4O2/c1-13-11-17(14(2)25(13)19-5-3-4-10-22-19)21(27)23-16-7-8-18-15(12-16)6-9-20(26)24-18/h3-5,7-8,10-12H,6,9H2,1-2H3,(H,23,27)(H,24,26). The van der Waals surface area contributed by atoms with Crippen LogP contribution in [-0.2, 0) is 11.2 Å². The fraction of sp³-hybridized carbons (Fsp3) is 0.190. The number of amides is 2. The fourth-order valence-electron chi connectivity index (χ4n) is 3.49. The van der Waals surface area contributed by atoms with Crippen molar-refractivity contribution >= 4 is 23.2 Å². The molecule has 0 aliphatic carbocycles. The van der Waals surface area contributed by atoms with Crippen molar-refractivity contribution in [3.63, 3.8) is 0 Å². The molecular weight excluding hydrogens is 340 g/mol. The van der Waals surface area contributed by atoms with Gasteiger partial charge in [-0.15, -0.1) is 0 Å². The van der Waals surface area contributed by atoms with Gasteiger partial charge in [-0.3, -0.25) is 9.59 Å². The fourth-order valence-corrected chi connectivity index (χ4v) is 3.49. The topological polar surface area (TPSA) is 76.0 Å². The number of carbonyl (C=O) groups excluding carboxylic acids is 2. The minimum absolute atomic E-state index is 0.0289. The third kappa shape index (κ3) is 3.21. The normalized spacial score (nSPS) is 13.0. The maximum atomic E-state index is 12.8. The molecule has 0 bridgehead atoms. The van der Waals surface area contributed by atoms with E-state index >= 15 is 0 Å². The number of aromatic nitrogens is 2. The Kier molecular flexibility index (Phi) is 4.24. The first-order chi connectivity index (χ1) is 13.0. The number of hydrogen-bond donors (Lipinski definition) is 2. The van der Waals surface area contributed by atoms with Gasteiger partial charge in [-0.05, 0) is 62.2 Å². The van der Waals surface area contributed by atoms with E-state index in [2.05, 4.69) is 15.6 Å². The van der Waals surface area contributed by atoms with Crippen molar-refractivity contribution in [1.29, 1.82) is 0 Å². The van der Waals surface area contributed by atoms with Crippen LogP contribution in [-0.4, -0.2) is 21.4 Å². The second-order valence-electron chi connectivity index (χ2n) is 6.68. The number of fused-ring (bicyclic) bond motifs is 1. The predicted molar refractivity (Wildman–Crippen MR) is 104 cm³/mol. The molecule has 0 saturated carbocycles. The largest absolute Gasteiger partial charge is 0.326 e. The van der Waals surface area contributed by atoms with Crippen LogP contribution in [0.5, 0.6) is 0 Å². The number of pyridine rings is 1. The van der Waals surface area contributed by atoms with Gasteiger partial charge < -0.3 is 15.2 Å². The van der Waals surface area contributed by atoms with E-state index in [-0.39, 0.29) is 11.8 Å². The monoisotopic (exact) mass is 360 g/mol. The summed E-state index contributed by atoms with van der Waals surface area (Å²) in [6.07, 6.45) is 2.88. The second-order valence-corrected chi connectivity index (χ2v) is 6.68. The summed E-state index contributed by atoms with van der Waals surface area (Å²) in [7, 11) is 0. The molecule has 1 aliphatic rings. The molecule has 136 valence electrons. The SMILES string of the molecule is Cc1cc(C(=O)Nc2ccc3c(c2)CCC(=O)N3)c(C)n1-c1ccccn1. The lowest BCUT2D eigenvalue weighted by molar-refractivity contribution is -0.116. The third-order valence-corrected chi connectivity index (χ3v) is 4.81. The molecule has 0 saturated heterocycles. The zero-order valence-corrected chi connectivity index (χ0v) is 15.2. The molecule has 6 nitrogen and oxygen atoms in total. The van der Waals surface area contributed by atoms with Crippen LogP contribution < -0.4 is 10.6 Å². The van der Waals surface area contributed by atoms with Gasteiger partial charge in [0.1, 0.15) is 5.82 Å². The van der Waals surface area contributed by atoms with Crippen LogP contribution in [0.2, 0.25) is 0 Å². The number of aryl methyl sites for hydroxylation is 2. The Labute approximate surface area is 157 Å². The zero-order chi connectivity index (χ0) is 19.0. The maximum Gasteiger partial charge on any atom is 0.257 e. The summed E-state index contributed by atoms with van der Waals surface area (Å²) in [5.41, 5.74) is 4.98. The molecule has 0 radical (unpaired) electrons. The maximum absolute atomic E-state index is 12.8. The van der Waals surface area contributed by atoms with Crippen molar-refractivity contribution in [1.82, 2.24) is 9.55 Å². The molecular formula is C21H20N4O2. The highest BCUT2D eigenvalue weighted by atomic mass is 16.2. The van der Waals surface area contributed by atoms with Gasteiger partial charge in [0.25, 0.3) is 5.91 Å². The average molecular weight is 360 g/mol. The summed E-state index contributed by atoms with van der Waals surface area (Å²) in [6, 6.07) is 13.1. The molecule has 2 aromatic heterocycles. The highest BCUT2D eigenvalue weighted by Crippen LogP contribution is 2.26. The molecule has 1 aliphatic heterocycles. The number of rotatable bonds is 3. The van der Waals surface area contributed by atoms with Gasteiger partial charge in [0.05, 0.1) is 5.56 Å². The Bertz CT molecular complexity index is 1040. The number of nitrogens with one attached hydrogen (secondary N) is 2. The minimum atomic E-state index is -0.162. The molecule has 2 N–H and O–H groups in total. The Morgan fingerprint density at radius 2 is 2.00 bits per heavy atom. The van der Waals surface area contributed by atoms with Crippen LogP contribution in [0.3, 0.4) is 0 Å². The van der Waals surface area contributed by atoms with Crippen LogP contribution in [0.25, 0.3) is 5.82 Å². The minimum Gasteiger partial charge on any atom is -0.326 e. The van der Waals surface area contributed by atoms with E-state index in [1.165, 1.54) is 0 Å². The van der Waals surface area contributed by atoms with Gasteiger partial charge in [-0.2, -0.15) is 0 Å². The van der Waals surface area contributed by atoms with Crippen molar-refractivity contribution in [3.8, 4) is 5.82 Å². The first-order valence-corrected chi connectivity index (χ1v) is 8.87. The first-order valence-electron chi connectivity index (χ1n) is 8.87. The van der Waals surface area contributed by atoms with Gasteiger partial charge >= 0.3 is 0 Å². The summed E-state index contributed by atoms with van der Waals surface area (Å²) in [5, 5.41) is 5.82. The van der Waals surface area contributed by atoms with Crippen molar-refractivity contribution in [2.45, 2.75) is 26.7 Å². The molecule has 3 aromatic rings. The van der Waals surface area contributed by atoms with Crippen LogP contribution >= 0.6 is 0 Å². The first kappa shape index (κ1) is 17.0. The predicted octanol–water partition coefficient (Wildman–Crippen LogP) is 3.63. The van der Waals surface area contributed by atoms with Crippen LogP contribution in [0.15, 0.2) is 48.7 Å². The van der Waals surface area contributed by atoms with E-state index in [9.17, 15) is 9.59 Å². The Balaban J connectivity index is 1.60. The van der Waals surface area contributed by atoms with Crippen molar-refractivity contribution in [3.05, 3.63) is 71.2 Å². The molecule has 3 heterocycles. The average Bonchev–Trinajstić information content (AvgIpc) is 2.97. The summed E-state index contributed by atoms with van der Waals surface area (Å²) in [5.74, 6) is 0.655. The lowest BCUT2D eigenvalue weighted by atomic mass is 10.0. The van der Waals surface area contributed by atoms with Gasteiger partial charge in [0.2, 0.25) is 5.91 Å². The molecule has 2 amide bonds. The molecule has 4 rings (SSSR count). The Morgan fingerprint density at radius 1 is 1.15 bits per heavy atom. The van der Waals surface area contributed by atoms with E-state index in [1.54, 1.807) is 12.3 Å². The Morgan fingerprint density at radius 3 is 2.78 bits per heavy atom. The van der Waals surface area contributed by atoms with Gasteiger partial charge in [0, 0.05) is 35.4 Å². The quantitative estimate of drug-likeness (QED) is 0.749. The molecule has 27 heavy (non-hydrogen) atoms. The molecule has 0 unspecified atom stereocenters. The summed E-state index contributed by atoms with van der Waals surface area (Å²) in [6.45, 7) is 3.87. The van der Waals surface area contributed by atoms with Gasteiger partial charge in [-0.25, -0.2) is 4.98 Å². The molecule has 0 fully saturated rings. The summed E-state index contributed by atoms with van der Waals surface area (Å²) >= 11 is 0. The number of hydrogen-bond acceptors (Lipinski definition) is 3. The van der Waals surface area contributed by atoms with Crippen LogP contribution in [0.4, 0.5) is 11.4 Å². The molecule has 0 atom stereocenters. The molecule has 6 heteroatoms. The highest BCUT2D eigenvalue weighted by Gasteiger charge is 2.19. The van der Waals surface area contributed by atoms with Crippen LogP contribution in [0, 0.1) is 13.8 Å². The van der Waals surface area contributed by atoms with E-state index in [1.807, 2.05) is 54.8 Å². The van der Waals surface area contributed by atoms with Crippen molar-refractivity contribution in [2.24, 2.45) is 0 Å². The summed E-state index contributed by atoms with van der Waals surface area (Å²) < 4.78 is 1.97. The molecule has 0 spiro atoms. The smallest absolute Gasteiger partial charge is 0.257 e. The second kappa shape index (κ2) is 6.72. The summed E-state index contributed by atoms with van der Waals surface area (Å²) in [4.78, 5) is 28.7. The van der Waals surface area contributed by atoms with E-state index in [0.29, 0.717) is 18.4 Å². The Hall–Kier alpha value is -3.41. The number of carbonyl (C=O) groups is 2. The van der Waals surface area contributed by atoms with Crippen molar-refractivity contribution in [2.75, 3.05) is 10.6 Å². The lowest BCUT2D eigenvalue weighted by Gasteiger charge is -2.17. The van der Waals surface area contributed by atoms with Gasteiger partial charge in [0.15, 0.2) is 0 Å². The van der Waals surface area contributed by atoms with E-state index < -0.39 is 0 Å². The van der Waals surface area contributed by atoms with Crippen molar-refractivity contribution < 1.29 is 9.59 Å². The number of nitrogens with zero attached hydrogens (tertiary/aromatic N) is 2. The van der Waals surface area contributed by atoms with Gasteiger partial charge in [-0.1, -0.05) is 6.07 Å². The molecule has 1 aromatic carbocycles. The van der Waals surface area contributed by atoms with E-state index in [0.717, 1.165) is 34.1 Å². The lowest BCUT2D eigenvalue weighted by Crippen LogP contribution is -2.19. The zero-order valence-electron chi connectivity index (χ0n) is 15.2. The third-order valence-electron chi connectivity index (χ3n) is 4.81. The van der Waals surface area contributed by atoms with Crippen LogP contribution in [0.1, 0.15) is 33.7 Å².